The molecule has 122 valence electrons. The summed E-state index contributed by atoms with van der Waals surface area (Å²) in [6, 6.07) is 17.0. The third-order valence-electron chi connectivity index (χ3n) is 4.59. The van der Waals surface area contributed by atoms with Gasteiger partial charge in [-0.2, -0.15) is 0 Å². The van der Waals surface area contributed by atoms with Gasteiger partial charge in [0.1, 0.15) is 5.65 Å². The molecule has 0 aliphatic carbocycles. The summed E-state index contributed by atoms with van der Waals surface area (Å²) >= 11 is 12.6. The predicted molar refractivity (Wildman–Crippen MR) is 103 cm³/mol. The number of aryl methyl sites for hydroxylation is 1. The van der Waals surface area contributed by atoms with Crippen LogP contribution in [0.4, 0.5) is 0 Å². The summed E-state index contributed by atoms with van der Waals surface area (Å²) in [5.74, 6) is 0. The quantitative estimate of drug-likeness (QED) is 0.375. The van der Waals surface area contributed by atoms with E-state index in [4.69, 9.17) is 23.2 Å². The average Bonchev–Trinajstić information content (AvgIpc) is 3.04. The summed E-state index contributed by atoms with van der Waals surface area (Å²) in [5.41, 5.74) is 7.04. The molecule has 0 bridgehead atoms. The van der Waals surface area contributed by atoms with Crippen LogP contribution in [0.1, 0.15) is 25.6 Å². The van der Waals surface area contributed by atoms with Gasteiger partial charge in [-0.1, -0.05) is 53.5 Å². The number of aromatic nitrogens is 2. The van der Waals surface area contributed by atoms with Gasteiger partial charge in [0.15, 0.2) is 0 Å². The average molecular weight is 357 g/mol. The molecule has 0 fully saturated rings. The van der Waals surface area contributed by atoms with Gasteiger partial charge in [-0.3, -0.25) is 4.40 Å². The fourth-order valence-electron chi connectivity index (χ4n) is 3.55. The number of hydrogen-bond acceptors (Lipinski definition) is 0. The molecule has 0 unspecified atom stereocenters. The van der Waals surface area contributed by atoms with Crippen molar-refractivity contribution in [1.29, 1.82) is 0 Å². The Hall–Kier alpha value is -1.90. The number of halogens is 2. The molecule has 0 spiro atoms. The minimum atomic E-state index is 0.320. The van der Waals surface area contributed by atoms with Gasteiger partial charge in [-0.05, 0) is 44.5 Å². The Bertz CT molecular complexity index is 1060. The van der Waals surface area contributed by atoms with E-state index < -0.39 is 0 Å². The molecule has 0 saturated heterocycles. The van der Waals surface area contributed by atoms with E-state index in [9.17, 15) is 0 Å². The van der Waals surface area contributed by atoms with Crippen molar-refractivity contribution >= 4 is 39.9 Å². The molecule has 0 radical (unpaired) electrons. The smallest absolute Gasteiger partial charge is 0.118 e. The zero-order chi connectivity index (χ0) is 17.0. The summed E-state index contributed by atoms with van der Waals surface area (Å²) in [7, 11) is 0. The summed E-state index contributed by atoms with van der Waals surface area (Å²) in [6.45, 7) is 6.53. The lowest BCUT2D eigenvalue weighted by Gasteiger charge is -2.10. The van der Waals surface area contributed by atoms with Crippen molar-refractivity contribution < 1.29 is 0 Å². The summed E-state index contributed by atoms with van der Waals surface area (Å²) < 4.78 is 4.59. The van der Waals surface area contributed by atoms with Gasteiger partial charge < -0.3 is 4.57 Å². The summed E-state index contributed by atoms with van der Waals surface area (Å²) in [5, 5.41) is 1.18. The van der Waals surface area contributed by atoms with Crippen molar-refractivity contribution in [3.63, 3.8) is 0 Å². The molecular formula is C20H18Cl2N2. The zero-order valence-corrected chi connectivity index (χ0v) is 15.4. The van der Waals surface area contributed by atoms with Crippen molar-refractivity contribution in [1.82, 2.24) is 8.97 Å². The second kappa shape index (κ2) is 5.58. The van der Waals surface area contributed by atoms with E-state index in [-0.39, 0.29) is 0 Å². The highest BCUT2D eigenvalue weighted by Gasteiger charge is 2.19. The third-order valence-corrected chi connectivity index (χ3v) is 5.32. The molecule has 0 amide bonds. The Morgan fingerprint density at radius 3 is 2.12 bits per heavy atom. The first-order chi connectivity index (χ1) is 11.5. The Kier molecular flexibility index (Phi) is 3.63. The number of fused-ring (bicyclic) bond motifs is 3. The lowest BCUT2D eigenvalue weighted by Crippen LogP contribution is -1.99. The largest absolute Gasteiger partial charge is 0.323 e. The van der Waals surface area contributed by atoms with Crippen molar-refractivity contribution in [2.75, 3.05) is 0 Å². The molecule has 0 aliphatic heterocycles. The van der Waals surface area contributed by atoms with Gasteiger partial charge in [0.05, 0.1) is 21.1 Å². The van der Waals surface area contributed by atoms with E-state index in [1.807, 2.05) is 18.2 Å². The minimum absolute atomic E-state index is 0.320. The first kappa shape index (κ1) is 15.6. The van der Waals surface area contributed by atoms with Crippen LogP contribution in [-0.2, 0) is 0 Å². The van der Waals surface area contributed by atoms with Crippen LogP contribution in [0.2, 0.25) is 10.0 Å². The maximum absolute atomic E-state index is 6.30. The highest BCUT2D eigenvalue weighted by molar-refractivity contribution is 6.42. The number of hydrogen-bond donors (Lipinski definition) is 0. The standard InChI is InChI=1S/C20H18Cl2N2/c1-12(2)23-18-10-16(21)17(22)11-19(18)24-13(3)15(9-20(23)24)14-7-5-4-6-8-14/h4-12H,1-3H3. The van der Waals surface area contributed by atoms with E-state index in [1.165, 1.54) is 16.8 Å². The third kappa shape index (κ3) is 2.17. The summed E-state index contributed by atoms with van der Waals surface area (Å²) in [4.78, 5) is 0. The highest BCUT2D eigenvalue weighted by Crippen LogP contribution is 2.36. The first-order valence-electron chi connectivity index (χ1n) is 8.05. The van der Waals surface area contributed by atoms with Crippen molar-refractivity contribution in [2.24, 2.45) is 0 Å². The Balaban J connectivity index is 2.15. The SMILES string of the molecule is Cc1c(-c2ccccc2)cc2n(C(C)C)c3cc(Cl)c(Cl)cc3n12. The molecule has 4 aromatic rings. The maximum atomic E-state index is 6.30. The predicted octanol–water partition coefficient (Wildman–Crippen LogP) is 6.76. The molecule has 0 saturated carbocycles. The Morgan fingerprint density at radius 1 is 0.875 bits per heavy atom. The summed E-state index contributed by atoms with van der Waals surface area (Å²) in [6.07, 6.45) is 0. The Morgan fingerprint density at radius 2 is 1.50 bits per heavy atom. The molecule has 4 rings (SSSR count). The van der Waals surface area contributed by atoms with Crippen LogP contribution in [0.5, 0.6) is 0 Å². The van der Waals surface area contributed by atoms with Crippen molar-refractivity contribution in [3.05, 3.63) is 64.3 Å². The van der Waals surface area contributed by atoms with E-state index in [0.717, 1.165) is 16.7 Å². The van der Waals surface area contributed by atoms with Gasteiger partial charge >= 0.3 is 0 Å². The first-order valence-corrected chi connectivity index (χ1v) is 8.81. The van der Waals surface area contributed by atoms with Crippen LogP contribution < -0.4 is 0 Å². The van der Waals surface area contributed by atoms with Gasteiger partial charge in [-0.15, -0.1) is 0 Å². The van der Waals surface area contributed by atoms with Crippen LogP contribution in [0.15, 0.2) is 48.5 Å². The molecular weight excluding hydrogens is 339 g/mol. The number of benzene rings is 2. The number of nitrogens with zero attached hydrogens (tertiary/aromatic N) is 2. The molecule has 0 aliphatic rings. The lowest BCUT2D eigenvalue weighted by molar-refractivity contribution is 0.638. The van der Waals surface area contributed by atoms with Gasteiger partial charge in [-0.25, -0.2) is 0 Å². The van der Waals surface area contributed by atoms with E-state index in [1.54, 1.807) is 0 Å². The topological polar surface area (TPSA) is 9.34 Å². The van der Waals surface area contributed by atoms with Crippen LogP contribution in [0.3, 0.4) is 0 Å². The fourth-order valence-corrected chi connectivity index (χ4v) is 3.86. The molecule has 24 heavy (non-hydrogen) atoms. The highest BCUT2D eigenvalue weighted by atomic mass is 35.5. The van der Waals surface area contributed by atoms with Crippen LogP contribution in [-0.4, -0.2) is 8.97 Å². The van der Waals surface area contributed by atoms with E-state index in [2.05, 4.69) is 60.1 Å². The van der Waals surface area contributed by atoms with Crippen molar-refractivity contribution in [2.45, 2.75) is 26.8 Å². The molecule has 4 heteroatoms. The second-order valence-electron chi connectivity index (χ2n) is 6.42. The molecule has 0 N–H and O–H groups in total. The number of rotatable bonds is 2. The van der Waals surface area contributed by atoms with Gasteiger partial charge in [0, 0.05) is 17.3 Å². The number of imidazole rings is 1. The normalized spacial score (nSPS) is 11.9. The molecule has 2 aromatic heterocycles. The second-order valence-corrected chi connectivity index (χ2v) is 7.24. The minimum Gasteiger partial charge on any atom is -0.323 e. The fraction of sp³-hybridized carbons (Fsp3) is 0.200. The molecule has 0 atom stereocenters. The van der Waals surface area contributed by atoms with Gasteiger partial charge in [0.2, 0.25) is 0 Å². The molecule has 2 nitrogen and oxygen atoms in total. The van der Waals surface area contributed by atoms with Crippen LogP contribution >= 0.6 is 23.2 Å². The lowest BCUT2D eigenvalue weighted by atomic mass is 10.1. The van der Waals surface area contributed by atoms with E-state index >= 15 is 0 Å². The van der Waals surface area contributed by atoms with Gasteiger partial charge in [0.25, 0.3) is 0 Å². The van der Waals surface area contributed by atoms with Crippen LogP contribution in [0.25, 0.3) is 27.8 Å². The molecule has 2 heterocycles. The maximum Gasteiger partial charge on any atom is 0.118 e. The zero-order valence-electron chi connectivity index (χ0n) is 13.8. The Labute approximate surface area is 151 Å². The van der Waals surface area contributed by atoms with E-state index in [0.29, 0.717) is 16.1 Å². The van der Waals surface area contributed by atoms with Crippen molar-refractivity contribution in [3.8, 4) is 11.1 Å². The monoisotopic (exact) mass is 356 g/mol. The molecule has 2 aromatic carbocycles. The van der Waals surface area contributed by atoms with Crippen LogP contribution in [0, 0.1) is 6.92 Å².